The largest absolute Gasteiger partial charge is 0.456 e. The van der Waals surface area contributed by atoms with Crippen LogP contribution in [0.4, 0.5) is 0 Å². The van der Waals surface area contributed by atoms with E-state index < -0.39 is 11.6 Å². The van der Waals surface area contributed by atoms with Crippen molar-refractivity contribution in [1.29, 1.82) is 0 Å². The zero-order valence-corrected chi connectivity index (χ0v) is 15.4. The van der Waals surface area contributed by atoms with Gasteiger partial charge in [0.2, 0.25) is 0 Å². The van der Waals surface area contributed by atoms with Crippen LogP contribution in [0.3, 0.4) is 0 Å². The van der Waals surface area contributed by atoms with Crippen molar-refractivity contribution in [3.63, 3.8) is 0 Å². The van der Waals surface area contributed by atoms with Crippen LogP contribution in [-0.2, 0) is 11.3 Å². The minimum atomic E-state index is -0.627. The third-order valence-electron chi connectivity index (χ3n) is 4.66. The average Bonchev–Trinajstić information content (AvgIpc) is 3.20. The number of fused-ring (bicyclic) bond motifs is 1. The number of aromatic nitrogens is 3. The summed E-state index contributed by atoms with van der Waals surface area (Å²) < 4.78 is 10.8. The smallest absolute Gasteiger partial charge is 0.361 e. The molecular formula is C21H17N3O4. The first-order valence-corrected chi connectivity index (χ1v) is 8.71. The molecule has 7 nitrogen and oxygen atoms in total. The summed E-state index contributed by atoms with van der Waals surface area (Å²) in [6.07, 6.45) is 0. The predicted octanol–water partition coefficient (Wildman–Crippen LogP) is 3.55. The quantitative estimate of drug-likeness (QED) is 0.433. The van der Waals surface area contributed by atoms with E-state index in [1.165, 1.54) is 6.07 Å². The Morgan fingerprint density at radius 3 is 2.68 bits per heavy atom. The van der Waals surface area contributed by atoms with Crippen molar-refractivity contribution in [2.45, 2.75) is 20.5 Å². The monoisotopic (exact) mass is 375 g/mol. The molecule has 0 unspecified atom stereocenters. The van der Waals surface area contributed by atoms with Gasteiger partial charge in [0, 0.05) is 22.6 Å². The molecule has 2 aromatic heterocycles. The van der Waals surface area contributed by atoms with Gasteiger partial charge in [0.25, 0.3) is 0 Å². The van der Waals surface area contributed by atoms with Gasteiger partial charge in [-0.05, 0) is 25.0 Å². The Morgan fingerprint density at radius 2 is 1.89 bits per heavy atom. The van der Waals surface area contributed by atoms with E-state index in [-0.39, 0.29) is 12.3 Å². The summed E-state index contributed by atoms with van der Waals surface area (Å²) in [5.41, 5.74) is 3.74. The van der Waals surface area contributed by atoms with Crippen LogP contribution in [0.2, 0.25) is 0 Å². The number of nitrogens with one attached hydrogen (secondary N) is 1. The number of ether oxygens (including phenoxy) is 1. The number of hydrogen-bond acceptors (Lipinski definition) is 6. The zero-order chi connectivity index (χ0) is 19.7. The number of aromatic amines is 1. The van der Waals surface area contributed by atoms with E-state index in [0.717, 1.165) is 22.1 Å². The molecule has 0 radical (unpaired) electrons. The molecular weight excluding hydrogens is 358 g/mol. The van der Waals surface area contributed by atoms with Gasteiger partial charge in [-0.1, -0.05) is 42.5 Å². The first-order valence-electron chi connectivity index (χ1n) is 8.71. The van der Waals surface area contributed by atoms with Crippen LogP contribution in [0.15, 0.2) is 57.7 Å². The second kappa shape index (κ2) is 7.11. The van der Waals surface area contributed by atoms with Crippen molar-refractivity contribution in [1.82, 2.24) is 15.4 Å². The second-order valence-corrected chi connectivity index (χ2v) is 6.44. The highest BCUT2D eigenvalue weighted by atomic mass is 16.5. The summed E-state index contributed by atoms with van der Waals surface area (Å²) in [5, 5.41) is 11.2. The van der Waals surface area contributed by atoms with Gasteiger partial charge in [0.1, 0.15) is 17.9 Å². The van der Waals surface area contributed by atoms with Crippen molar-refractivity contribution in [2.24, 2.45) is 0 Å². The molecule has 0 spiro atoms. The van der Waals surface area contributed by atoms with Gasteiger partial charge in [0.15, 0.2) is 5.69 Å². The predicted molar refractivity (Wildman–Crippen MR) is 103 cm³/mol. The van der Waals surface area contributed by atoms with E-state index in [0.29, 0.717) is 16.8 Å². The third kappa shape index (κ3) is 3.18. The third-order valence-corrected chi connectivity index (χ3v) is 4.66. The van der Waals surface area contributed by atoms with Crippen LogP contribution in [-0.4, -0.2) is 21.4 Å². The molecule has 0 aliphatic carbocycles. The molecule has 0 saturated carbocycles. The topological polar surface area (TPSA) is 98.1 Å². The lowest BCUT2D eigenvalue weighted by atomic mass is 10.0. The summed E-state index contributed by atoms with van der Waals surface area (Å²) in [7, 11) is 0. The minimum absolute atomic E-state index is 0.0788. The van der Waals surface area contributed by atoms with Crippen molar-refractivity contribution in [3.8, 4) is 11.3 Å². The van der Waals surface area contributed by atoms with Gasteiger partial charge in [-0.3, -0.25) is 0 Å². The van der Waals surface area contributed by atoms with Crippen molar-refractivity contribution in [2.75, 3.05) is 0 Å². The van der Waals surface area contributed by atoms with Gasteiger partial charge in [-0.15, -0.1) is 5.10 Å². The van der Waals surface area contributed by atoms with Crippen molar-refractivity contribution >= 4 is 16.9 Å². The van der Waals surface area contributed by atoms with E-state index in [2.05, 4.69) is 15.4 Å². The Balaban J connectivity index is 1.63. The molecule has 0 aliphatic rings. The molecule has 0 bridgehead atoms. The molecule has 4 aromatic rings. The fraction of sp³-hybridized carbons (Fsp3) is 0.143. The second-order valence-electron chi connectivity index (χ2n) is 6.44. The number of benzene rings is 2. The molecule has 0 fully saturated rings. The zero-order valence-electron chi connectivity index (χ0n) is 15.4. The molecule has 28 heavy (non-hydrogen) atoms. The van der Waals surface area contributed by atoms with Gasteiger partial charge >= 0.3 is 11.6 Å². The highest BCUT2D eigenvalue weighted by Crippen LogP contribution is 2.24. The number of esters is 1. The van der Waals surface area contributed by atoms with Gasteiger partial charge in [-0.2, -0.15) is 10.3 Å². The van der Waals surface area contributed by atoms with Crippen molar-refractivity contribution in [3.05, 3.63) is 81.3 Å². The first kappa shape index (κ1) is 17.7. The van der Waals surface area contributed by atoms with E-state index in [4.69, 9.17) is 9.15 Å². The van der Waals surface area contributed by atoms with Crippen LogP contribution < -0.4 is 5.63 Å². The van der Waals surface area contributed by atoms with Gasteiger partial charge in [0.05, 0.1) is 0 Å². The molecule has 140 valence electrons. The highest BCUT2D eigenvalue weighted by Gasteiger charge is 2.20. The lowest BCUT2D eigenvalue weighted by molar-refractivity contribution is 0.0467. The number of rotatable bonds is 4. The number of hydrogen-bond donors (Lipinski definition) is 1. The summed E-state index contributed by atoms with van der Waals surface area (Å²) in [6, 6.07) is 14.4. The first-order chi connectivity index (χ1) is 13.5. The van der Waals surface area contributed by atoms with Crippen LogP contribution >= 0.6 is 0 Å². The summed E-state index contributed by atoms with van der Waals surface area (Å²) >= 11 is 0. The van der Waals surface area contributed by atoms with E-state index in [1.54, 1.807) is 0 Å². The molecule has 2 heterocycles. The fourth-order valence-corrected chi connectivity index (χ4v) is 3.03. The Hall–Kier alpha value is -3.74. The van der Waals surface area contributed by atoms with Crippen LogP contribution in [0.1, 0.15) is 27.2 Å². The number of nitrogens with zero attached hydrogens (tertiary/aromatic N) is 2. The molecule has 7 heteroatoms. The van der Waals surface area contributed by atoms with E-state index in [1.807, 2.05) is 56.3 Å². The maximum Gasteiger partial charge on any atom is 0.361 e. The summed E-state index contributed by atoms with van der Waals surface area (Å²) in [5.74, 6) is -0.627. The van der Waals surface area contributed by atoms with Gasteiger partial charge in [-0.25, -0.2) is 9.59 Å². The normalized spacial score (nSPS) is 10.9. The molecule has 1 N–H and O–H groups in total. The molecule has 0 aliphatic heterocycles. The SMILES string of the molecule is Cc1ccc2c(COC(=O)c3n[nH]nc3-c3ccccc3)cc(=O)oc2c1C. The Morgan fingerprint density at radius 1 is 1.11 bits per heavy atom. The molecule has 0 atom stereocenters. The van der Waals surface area contributed by atoms with E-state index >= 15 is 0 Å². The van der Waals surface area contributed by atoms with Gasteiger partial charge < -0.3 is 9.15 Å². The Labute approximate surface area is 160 Å². The lowest BCUT2D eigenvalue weighted by Gasteiger charge is -2.09. The van der Waals surface area contributed by atoms with Crippen LogP contribution in [0, 0.1) is 13.8 Å². The number of aryl methyl sites for hydroxylation is 2. The number of H-pyrrole nitrogens is 1. The number of carbonyl (C=O) groups excluding carboxylic acids is 1. The molecule has 0 saturated heterocycles. The van der Waals surface area contributed by atoms with Crippen molar-refractivity contribution < 1.29 is 13.9 Å². The minimum Gasteiger partial charge on any atom is -0.456 e. The van der Waals surface area contributed by atoms with E-state index in [9.17, 15) is 9.59 Å². The maximum atomic E-state index is 12.6. The van der Waals surface area contributed by atoms with Crippen LogP contribution in [0.25, 0.3) is 22.2 Å². The molecule has 0 amide bonds. The Bertz CT molecular complexity index is 1230. The van der Waals surface area contributed by atoms with Crippen LogP contribution in [0.5, 0.6) is 0 Å². The summed E-state index contributed by atoms with van der Waals surface area (Å²) in [6.45, 7) is 3.75. The fourth-order valence-electron chi connectivity index (χ4n) is 3.03. The average molecular weight is 375 g/mol. The lowest BCUT2D eigenvalue weighted by Crippen LogP contribution is -2.10. The number of carbonyl (C=O) groups is 1. The standard InChI is InChI=1S/C21H17N3O4/c1-12-8-9-16-15(10-17(25)28-20(16)13(12)2)11-27-21(26)19-18(22-24-23-19)14-6-4-3-5-7-14/h3-10H,11H2,1-2H3,(H,22,23,24). The maximum absolute atomic E-state index is 12.6. The molecule has 4 rings (SSSR count). The molecule has 2 aromatic carbocycles. The summed E-state index contributed by atoms with van der Waals surface area (Å²) in [4.78, 5) is 24.5. The highest BCUT2D eigenvalue weighted by molar-refractivity contribution is 5.94. The Kier molecular flexibility index (Phi) is 4.49.